The topological polar surface area (TPSA) is 159 Å². The Balaban J connectivity index is 1.01. The van der Waals surface area contributed by atoms with Gasteiger partial charge in [-0.2, -0.15) is 0 Å². The summed E-state index contributed by atoms with van der Waals surface area (Å²) < 4.78 is 37.5. The van der Waals surface area contributed by atoms with Crippen LogP contribution in [0.15, 0.2) is 42.7 Å². The van der Waals surface area contributed by atoms with Gasteiger partial charge in [-0.05, 0) is 67.3 Å². The maximum absolute atomic E-state index is 14.2. The maximum Gasteiger partial charge on any atom is 0.363 e. The molecule has 4 saturated heterocycles. The van der Waals surface area contributed by atoms with Gasteiger partial charge in [0.25, 0.3) is 5.91 Å². The number of aromatic nitrogens is 1. The van der Waals surface area contributed by atoms with E-state index in [0.29, 0.717) is 49.2 Å². The molecule has 2 aromatic heterocycles. The van der Waals surface area contributed by atoms with E-state index >= 15 is 0 Å². The molecule has 15 heteroatoms. The number of nitrogens with one attached hydrogen (secondary N) is 1. The highest BCUT2D eigenvalue weighted by Gasteiger charge is 2.48. The Bertz CT molecular complexity index is 1720. The van der Waals surface area contributed by atoms with Crippen molar-refractivity contribution < 1.29 is 42.6 Å². The van der Waals surface area contributed by atoms with Crippen LogP contribution in [0.25, 0.3) is 10.1 Å². The Morgan fingerprint density at radius 1 is 1.13 bits per heavy atom. The number of nitrogens with zero attached hydrogens (tertiary/aromatic N) is 3. The zero-order valence-corrected chi connectivity index (χ0v) is 26.5. The molecule has 46 heavy (non-hydrogen) atoms. The third-order valence-electron chi connectivity index (χ3n) is 9.35. The zero-order valence-electron chi connectivity index (χ0n) is 24.8. The summed E-state index contributed by atoms with van der Waals surface area (Å²) in [7, 11) is -4.98. The normalized spacial score (nSPS) is 24.6. The average molecular weight is 673 g/mol. The molecule has 0 radical (unpaired) electrons. The third-order valence-corrected chi connectivity index (χ3v) is 11.4. The van der Waals surface area contributed by atoms with E-state index in [1.165, 1.54) is 24.3 Å². The molecule has 6 heterocycles. The predicted molar refractivity (Wildman–Crippen MR) is 165 cm³/mol. The fourth-order valence-electron chi connectivity index (χ4n) is 6.82. The molecule has 3 N–H and O–H groups in total. The van der Waals surface area contributed by atoms with Gasteiger partial charge >= 0.3 is 7.60 Å². The van der Waals surface area contributed by atoms with Gasteiger partial charge in [0.15, 0.2) is 0 Å². The lowest BCUT2D eigenvalue weighted by Crippen LogP contribution is -2.58. The molecule has 1 aromatic carbocycles. The van der Waals surface area contributed by atoms with Gasteiger partial charge in [-0.15, -0.1) is 11.3 Å². The second-order valence-electron chi connectivity index (χ2n) is 12.4. The number of rotatable bonds is 8. The summed E-state index contributed by atoms with van der Waals surface area (Å²) in [6, 6.07) is 6.04. The van der Waals surface area contributed by atoms with Crippen molar-refractivity contribution in [2.75, 3.05) is 26.3 Å². The molecule has 0 saturated carbocycles. The minimum absolute atomic E-state index is 0.0215. The minimum Gasteiger partial charge on any atom is -0.485 e. The summed E-state index contributed by atoms with van der Waals surface area (Å²) in [5.41, 5.74) is 0.784. The first-order valence-corrected chi connectivity index (χ1v) is 17.9. The SMILES string of the molecule is O=C(N[C@H]1CCC[C@H]2CC[C@@H](C(=O)N3CC(c4cnccc4OC4COC4)C3)N2C1=O)c1cc2cc(C(F)P(=O)(O)O)ccc2s1. The van der Waals surface area contributed by atoms with Crippen molar-refractivity contribution in [1.82, 2.24) is 20.1 Å². The quantitative estimate of drug-likeness (QED) is 0.305. The molecule has 12 nitrogen and oxygen atoms in total. The number of hydrogen-bond acceptors (Lipinski definition) is 8. The number of hydrogen-bond donors (Lipinski definition) is 3. The molecule has 1 unspecified atom stereocenters. The van der Waals surface area contributed by atoms with Crippen LogP contribution in [0, 0.1) is 0 Å². The van der Waals surface area contributed by atoms with Gasteiger partial charge < -0.3 is 34.4 Å². The van der Waals surface area contributed by atoms with Crippen molar-refractivity contribution in [3.8, 4) is 5.75 Å². The van der Waals surface area contributed by atoms with Gasteiger partial charge in [0.1, 0.15) is 23.9 Å². The molecule has 4 aliphatic heterocycles. The molecule has 0 spiro atoms. The summed E-state index contributed by atoms with van der Waals surface area (Å²) >= 11 is 1.14. The van der Waals surface area contributed by atoms with Gasteiger partial charge in [0.05, 0.1) is 18.1 Å². The molecule has 4 fully saturated rings. The number of carbonyl (C=O) groups excluding carboxylic acids is 3. The lowest BCUT2D eigenvalue weighted by molar-refractivity contribution is -0.148. The maximum atomic E-state index is 14.2. The fraction of sp³-hybridized carbons (Fsp3) is 0.484. The molecule has 0 bridgehead atoms. The summed E-state index contributed by atoms with van der Waals surface area (Å²) in [6.45, 7) is 2.13. The molecule has 4 atom stereocenters. The summed E-state index contributed by atoms with van der Waals surface area (Å²) in [6.07, 6.45) is 6.71. The van der Waals surface area contributed by atoms with Gasteiger partial charge in [-0.3, -0.25) is 23.9 Å². The van der Waals surface area contributed by atoms with Crippen molar-refractivity contribution in [3.05, 3.63) is 58.7 Å². The van der Waals surface area contributed by atoms with Crippen LogP contribution in [-0.2, 0) is 18.9 Å². The Kier molecular flexibility index (Phi) is 8.35. The number of amides is 3. The van der Waals surface area contributed by atoms with E-state index in [0.717, 1.165) is 41.9 Å². The molecular formula is C31H34FN4O8PS. The largest absolute Gasteiger partial charge is 0.485 e. The van der Waals surface area contributed by atoms with E-state index in [9.17, 15) is 33.1 Å². The predicted octanol–water partition coefficient (Wildman–Crippen LogP) is 3.49. The van der Waals surface area contributed by atoms with Crippen LogP contribution < -0.4 is 10.1 Å². The van der Waals surface area contributed by atoms with E-state index in [4.69, 9.17) is 9.47 Å². The molecule has 4 aliphatic rings. The second kappa shape index (κ2) is 12.3. The monoisotopic (exact) mass is 672 g/mol. The lowest BCUT2D eigenvalue weighted by Gasteiger charge is -2.43. The van der Waals surface area contributed by atoms with E-state index in [1.54, 1.807) is 22.2 Å². The number of halogens is 1. The summed E-state index contributed by atoms with van der Waals surface area (Å²) in [5, 5.41) is 3.33. The number of pyridine rings is 1. The first-order chi connectivity index (χ1) is 22.1. The number of thiophene rings is 1. The van der Waals surface area contributed by atoms with Crippen LogP contribution in [0.4, 0.5) is 4.39 Å². The van der Waals surface area contributed by atoms with E-state index < -0.39 is 31.5 Å². The molecule has 0 aliphatic carbocycles. The van der Waals surface area contributed by atoms with Crippen molar-refractivity contribution in [2.45, 2.75) is 68.2 Å². The smallest absolute Gasteiger partial charge is 0.363 e. The molecule has 3 aromatic rings. The minimum atomic E-state index is -4.98. The lowest BCUT2D eigenvalue weighted by atomic mass is 9.91. The molecule has 3 amide bonds. The fourth-order valence-corrected chi connectivity index (χ4v) is 8.31. The number of benzene rings is 1. The van der Waals surface area contributed by atoms with Gasteiger partial charge in [0.2, 0.25) is 17.7 Å². The highest BCUT2D eigenvalue weighted by molar-refractivity contribution is 7.51. The van der Waals surface area contributed by atoms with E-state index in [2.05, 4.69) is 10.3 Å². The number of likely N-dealkylation sites (tertiary alicyclic amines) is 1. The first-order valence-electron chi connectivity index (χ1n) is 15.4. The second-order valence-corrected chi connectivity index (χ2v) is 15.1. The van der Waals surface area contributed by atoms with Crippen LogP contribution in [0.1, 0.15) is 64.7 Å². The average Bonchev–Trinajstić information content (AvgIpc) is 3.57. The molecule has 7 rings (SSSR count). The van der Waals surface area contributed by atoms with Crippen molar-refractivity contribution in [1.29, 1.82) is 0 Å². The Labute approximate surface area is 268 Å². The van der Waals surface area contributed by atoms with Crippen molar-refractivity contribution in [2.24, 2.45) is 0 Å². The Morgan fingerprint density at radius 3 is 2.67 bits per heavy atom. The van der Waals surface area contributed by atoms with E-state index in [-0.39, 0.29) is 40.3 Å². The highest BCUT2D eigenvalue weighted by atomic mass is 32.1. The highest BCUT2D eigenvalue weighted by Crippen LogP contribution is 2.53. The van der Waals surface area contributed by atoms with Gasteiger partial charge in [0, 0.05) is 47.7 Å². The van der Waals surface area contributed by atoms with E-state index in [1.807, 2.05) is 6.07 Å². The zero-order chi connectivity index (χ0) is 32.2. The summed E-state index contributed by atoms with van der Waals surface area (Å²) in [5.74, 6) is -2.43. The van der Waals surface area contributed by atoms with Crippen LogP contribution in [-0.4, -0.2) is 92.8 Å². The van der Waals surface area contributed by atoms with Crippen LogP contribution in [0.3, 0.4) is 0 Å². The third kappa shape index (κ3) is 5.93. The van der Waals surface area contributed by atoms with Gasteiger partial charge in [-0.25, -0.2) is 4.39 Å². The van der Waals surface area contributed by atoms with Crippen LogP contribution >= 0.6 is 18.9 Å². The molecular weight excluding hydrogens is 638 g/mol. The number of carbonyl (C=O) groups is 3. The number of ether oxygens (including phenoxy) is 2. The van der Waals surface area contributed by atoms with Crippen molar-refractivity contribution >= 4 is 46.7 Å². The van der Waals surface area contributed by atoms with Crippen LogP contribution in [0.2, 0.25) is 0 Å². The Hall–Kier alpha value is -3.42. The van der Waals surface area contributed by atoms with Crippen molar-refractivity contribution in [3.63, 3.8) is 0 Å². The number of alkyl halides is 1. The van der Waals surface area contributed by atoms with Crippen LogP contribution in [0.5, 0.6) is 5.75 Å². The molecule has 244 valence electrons. The Morgan fingerprint density at radius 2 is 1.93 bits per heavy atom. The summed E-state index contributed by atoms with van der Waals surface area (Å²) in [4.78, 5) is 67.4. The number of fused-ring (bicyclic) bond motifs is 2. The van der Waals surface area contributed by atoms with Gasteiger partial charge in [-0.1, -0.05) is 6.07 Å². The standard InChI is InChI=1S/C31H34FN4O8PS/c32-28(45(40,41)42)17-4-7-26-18(10-17)11-27(46-26)29(37)34-23-3-1-2-20-5-6-24(36(20)30(23)38)31(39)35-13-19(14-35)22-12-33-9-8-25(22)44-21-15-43-16-21/h4,7-12,19-21,23-24,28H,1-3,5-6,13-16H2,(H,34,37)(H2,40,41,42)/t20-,23-,24-,28?/m0/s1. The first kappa shape index (κ1) is 31.2.